The first-order chi connectivity index (χ1) is 7.20. The van der Waals surface area contributed by atoms with Crippen molar-refractivity contribution in [2.24, 2.45) is 5.92 Å². The van der Waals surface area contributed by atoms with E-state index in [4.69, 9.17) is 4.74 Å². The summed E-state index contributed by atoms with van der Waals surface area (Å²) in [4.78, 5) is 0. The van der Waals surface area contributed by atoms with Gasteiger partial charge >= 0.3 is 0 Å². The van der Waals surface area contributed by atoms with Crippen molar-refractivity contribution in [1.82, 2.24) is 0 Å². The summed E-state index contributed by atoms with van der Waals surface area (Å²) in [7, 11) is 1.72. The number of fused-ring (bicyclic) bond motifs is 1. The van der Waals surface area contributed by atoms with Crippen LogP contribution in [0.3, 0.4) is 0 Å². The lowest BCUT2D eigenvalue weighted by molar-refractivity contribution is 0.414. The first kappa shape index (κ1) is 10.3. The van der Waals surface area contributed by atoms with Crippen molar-refractivity contribution in [3.05, 3.63) is 34.9 Å². The molecule has 0 bridgehead atoms. The highest BCUT2D eigenvalue weighted by atomic mass is 16.5. The molecule has 1 aliphatic carbocycles. The van der Waals surface area contributed by atoms with Crippen LogP contribution in [0.4, 0.5) is 0 Å². The molecule has 2 rings (SSSR count). The molecule has 80 valence electrons. The molecule has 0 heterocycles. The SMILES string of the molecule is COc1ccc2c(c1)CCC(C(C)C)=C2. The Bertz CT molecular complexity index is 388. The molecule has 1 aromatic rings. The van der Waals surface area contributed by atoms with Crippen LogP contribution in [0.2, 0.25) is 0 Å². The molecule has 0 N–H and O–H groups in total. The highest BCUT2D eigenvalue weighted by molar-refractivity contribution is 5.61. The van der Waals surface area contributed by atoms with Crippen LogP contribution in [0.5, 0.6) is 5.75 Å². The number of methoxy groups -OCH3 is 1. The van der Waals surface area contributed by atoms with E-state index >= 15 is 0 Å². The maximum atomic E-state index is 5.23. The largest absolute Gasteiger partial charge is 0.497 e. The van der Waals surface area contributed by atoms with E-state index in [1.54, 1.807) is 12.7 Å². The van der Waals surface area contributed by atoms with Crippen molar-refractivity contribution < 1.29 is 4.74 Å². The van der Waals surface area contributed by atoms with E-state index < -0.39 is 0 Å². The van der Waals surface area contributed by atoms with Gasteiger partial charge in [0, 0.05) is 0 Å². The molecule has 0 fully saturated rings. The Kier molecular flexibility index (Phi) is 2.81. The van der Waals surface area contributed by atoms with E-state index in [1.165, 1.54) is 17.5 Å². The number of rotatable bonds is 2. The molecule has 0 saturated heterocycles. The van der Waals surface area contributed by atoms with Gasteiger partial charge in [-0.3, -0.25) is 0 Å². The summed E-state index contributed by atoms with van der Waals surface area (Å²) < 4.78 is 5.23. The van der Waals surface area contributed by atoms with Crippen LogP contribution >= 0.6 is 0 Å². The Morgan fingerprint density at radius 2 is 2.00 bits per heavy atom. The zero-order valence-corrected chi connectivity index (χ0v) is 9.71. The summed E-state index contributed by atoms with van der Waals surface area (Å²) in [6.45, 7) is 4.53. The first-order valence-electron chi connectivity index (χ1n) is 5.58. The monoisotopic (exact) mass is 202 g/mol. The molecule has 1 aliphatic rings. The summed E-state index contributed by atoms with van der Waals surface area (Å²) in [5.74, 6) is 1.63. The zero-order chi connectivity index (χ0) is 10.8. The Labute approximate surface area is 91.8 Å². The van der Waals surface area contributed by atoms with Crippen LogP contribution < -0.4 is 4.74 Å². The maximum absolute atomic E-state index is 5.23. The molecule has 1 heteroatoms. The molecule has 0 unspecified atom stereocenters. The average molecular weight is 202 g/mol. The lowest BCUT2D eigenvalue weighted by Crippen LogP contribution is -2.04. The number of benzene rings is 1. The Morgan fingerprint density at radius 3 is 2.67 bits per heavy atom. The van der Waals surface area contributed by atoms with Gasteiger partial charge in [-0.2, -0.15) is 0 Å². The average Bonchev–Trinajstić information content (AvgIpc) is 2.27. The minimum atomic E-state index is 0.667. The summed E-state index contributed by atoms with van der Waals surface area (Å²) in [5, 5.41) is 0. The molecule has 1 aromatic carbocycles. The van der Waals surface area contributed by atoms with Crippen molar-refractivity contribution in [2.45, 2.75) is 26.7 Å². The fraction of sp³-hybridized carbons (Fsp3) is 0.429. The van der Waals surface area contributed by atoms with Gasteiger partial charge in [-0.1, -0.05) is 31.6 Å². The van der Waals surface area contributed by atoms with Crippen molar-refractivity contribution >= 4 is 6.08 Å². The smallest absolute Gasteiger partial charge is 0.119 e. The molecule has 0 aromatic heterocycles. The van der Waals surface area contributed by atoms with E-state index in [2.05, 4.69) is 32.1 Å². The zero-order valence-electron chi connectivity index (χ0n) is 9.71. The predicted molar refractivity (Wildman–Crippen MR) is 64.1 cm³/mol. The van der Waals surface area contributed by atoms with Gasteiger partial charge in [0.2, 0.25) is 0 Å². The molecular formula is C14H18O. The van der Waals surface area contributed by atoms with Crippen LogP contribution in [-0.4, -0.2) is 7.11 Å². The minimum Gasteiger partial charge on any atom is -0.497 e. The standard InChI is InChI=1S/C14H18O/c1-10(2)11-4-5-13-9-14(15-3)7-6-12(13)8-11/h6-10H,4-5H2,1-3H3. The molecule has 0 amide bonds. The van der Waals surface area contributed by atoms with Gasteiger partial charge in [0.15, 0.2) is 0 Å². The third kappa shape index (κ3) is 2.06. The van der Waals surface area contributed by atoms with E-state index in [1.807, 2.05) is 6.07 Å². The van der Waals surface area contributed by atoms with E-state index in [-0.39, 0.29) is 0 Å². The second-order valence-electron chi connectivity index (χ2n) is 4.44. The molecule has 0 spiro atoms. The maximum Gasteiger partial charge on any atom is 0.119 e. The molecule has 1 nitrogen and oxygen atoms in total. The van der Waals surface area contributed by atoms with Gasteiger partial charge in [-0.05, 0) is 42.0 Å². The van der Waals surface area contributed by atoms with Crippen LogP contribution in [0, 0.1) is 5.92 Å². The Hall–Kier alpha value is -1.24. The lowest BCUT2D eigenvalue weighted by atomic mass is 9.87. The Morgan fingerprint density at radius 1 is 1.20 bits per heavy atom. The van der Waals surface area contributed by atoms with Crippen LogP contribution in [0.15, 0.2) is 23.8 Å². The summed E-state index contributed by atoms with van der Waals surface area (Å²) in [5.41, 5.74) is 4.34. The first-order valence-corrected chi connectivity index (χ1v) is 5.58. The van der Waals surface area contributed by atoms with Crippen molar-refractivity contribution in [2.75, 3.05) is 7.11 Å². The van der Waals surface area contributed by atoms with Crippen LogP contribution in [0.25, 0.3) is 6.08 Å². The van der Waals surface area contributed by atoms with E-state index in [9.17, 15) is 0 Å². The second-order valence-corrected chi connectivity index (χ2v) is 4.44. The van der Waals surface area contributed by atoms with Crippen molar-refractivity contribution in [3.8, 4) is 5.75 Å². The van der Waals surface area contributed by atoms with Crippen LogP contribution in [-0.2, 0) is 6.42 Å². The number of hydrogen-bond acceptors (Lipinski definition) is 1. The number of allylic oxidation sites excluding steroid dienone is 1. The van der Waals surface area contributed by atoms with E-state index in [0.29, 0.717) is 5.92 Å². The molecule has 0 saturated carbocycles. The molecule has 0 radical (unpaired) electrons. The van der Waals surface area contributed by atoms with Gasteiger partial charge < -0.3 is 4.74 Å². The number of ether oxygens (including phenoxy) is 1. The van der Waals surface area contributed by atoms with Gasteiger partial charge in [0.1, 0.15) is 5.75 Å². The lowest BCUT2D eigenvalue weighted by Gasteiger charge is -2.19. The normalized spacial score (nSPS) is 14.8. The molecule has 0 aliphatic heterocycles. The highest BCUT2D eigenvalue weighted by Crippen LogP contribution is 2.30. The third-order valence-electron chi connectivity index (χ3n) is 3.12. The second kappa shape index (κ2) is 4.09. The highest BCUT2D eigenvalue weighted by Gasteiger charge is 2.12. The van der Waals surface area contributed by atoms with Crippen LogP contribution in [0.1, 0.15) is 31.4 Å². The van der Waals surface area contributed by atoms with E-state index in [0.717, 1.165) is 12.2 Å². The summed E-state index contributed by atoms with van der Waals surface area (Å²) >= 11 is 0. The summed E-state index contributed by atoms with van der Waals surface area (Å²) in [6, 6.07) is 6.36. The van der Waals surface area contributed by atoms with Gasteiger partial charge in [-0.15, -0.1) is 0 Å². The summed E-state index contributed by atoms with van der Waals surface area (Å²) in [6.07, 6.45) is 4.68. The van der Waals surface area contributed by atoms with Crippen molar-refractivity contribution in [3.63, 3.8) is 0 Å². The molecule has 0 atom stereocenters. The topological polar surface area (TPSA) is 9.23 Å². The van der Waals surface area contributed by atoms with Crippen molar-refractivity contribution in [1.29, 1.82) is 0 Å². The predicted octanol–water partition coefficient (Wildman–Crippen LogP) is 3.68. The number of hydrogen-bond donors (Lipinski definition) is 0. The molecule has 15 heavy (non-hydrogen) atoms. The minimum absolute atomic E-state index is 0.667. The quantitative estimate of drug-likeness (QED) is 0.710. The molecular weight excluding hydrogens is 184 g/mol. The van der Waals surface area contributed by atoms with Gasteiger partial charge in [0.05, 0.1) is 7.11 Å². The van der Waals surface area contributed by atoms with Gasteiger partial charge in [-0.25, -0.2) is 0 Å². The van der Waals surface area contributed by atoms with Gasteiger partial charge in [0.25, 0.3) is 0 Å². The Balaban J connectivity index is 2.36. The third-order valence-corrected chi connectivity index (χ3v) is 3.12. The number of aryl methyl sites for hydroxylation is 1. The fourth-order valence-electron chi connectivity index (χ4n) is 2.07. The fourth-order valence-corrected chi connectivity index (χ4v) is 2.07.